The molecule has 8 heteroatoms. The molecule has 0 spiro atoms. The fraction of sp³-hybridized carbons (Fsp3) is 0.412. The summed E-state index contributed by atoms with van der Waals surface area (Å²) in [6.45, 7) is 4.33. The molecule has 1 saturated heterocycles. The SMILES string of the molecule is CCCc1nnc(C(=O)Nc2cccc(C(=O)N3CCOCC3)c2)s1. The molecule has 1 N–H and O–H groups in total. The number of aryl methyl sites for hydroxylation is 1. The number of carbonyl (C=O) groups excluding carboxylic acids is 2. The highest BCUT2D eigenvalue weighted by Gasteiger charge is 2.19. The van der Waals surface area contributed by atoms with E-state index in [1.807, 2.05) is 0 Å². The van der Waals surface area contributed by atoms with Gasteiger partial charge in [0.2, 0.25) is 5.01 Å². The van der Waals surface area contributed by atoms with Crippen molar-refractivity contribution in [3.63, 3.8) is 0 Å². The molecular formula is C17H20N4O3S. The Labute approximate surface area is 150 Å². The summed E-state index contributed by atoms with van der Waals surface area (Å²) in [6, 6.07) is 6.94. The standard InChI is InChI=1S/C17H20N4O3S/c1-2-4-14-19-20-16(25-14)15(22)18-13-6-3-5-12(11-13)17(23)21-7-9-24-10-8-21/h3,5-6,11H,2,4,7-10H2,1H3,(H,18,22). The molecule has 7 nitrogen and oxygen atoms in total. The number of carbonyl (C=O) groups is 2. The molecule has 3 rings (SSSR count). The fourth-order valence-electron chi connectivity index (χ4n) is 2.52. The number of hydrogen-bond donors (Lipinski definition) is 1. The van der Waals surface area contributed by atoms with Crippen LogP contribution >= 0.6 is 11.3 Å². The zero-order chi connectivity index (χ0) is 17.6. The number of ether oxygens (including phenoxy) is 1. The second-order valence-corrected chi connectivity index (χ2v) is 6.75. The van der Waals surface area contributed by atoms with E-state index in [4.69, 9.17) is 4.74 Å². The zero-order valence-corrected chi connectivity index (χ0v) is 14.8. The van der Waals surface area contributed by atoms with Gasteiger partial charge in [-0.05, 0) is 24.6 Å². The van der Waals surface area contributed by atoms with Crippen LogP contribution in [0.15, 0.2) is 24.3 Å². The topological polar surface area (TPSA) is 84.4 Å². The van der Waals surface area contributed by atoms with Gasteiger partial charge in [0, 0.05) is 30.8 Å². The molecule has 0 bridgehead atoms. The van der Waals surface area contributed by atoms with Crippen LogP contribution in [-0.4, -0.2) is 53.2 Å². The van der Waals surface area contributed by atoms with Gasteiger partial charge in [-0.1, -0.05) is 24.3 Å². The number of hydrogen-bond acceptors (Lipinski definition) is 6. The summed E-state index contributed by atoms with van der Waals surface area (Å²) < 4.78 is 5.27. The molecule has 0 saturated carbocycles. The Hall–Kier alpha value is -2.32. The number of benzene rings is 1. The highest BCUT2D eigenvalue weighted by atomic mass is 32.1. The van der Waals surface area contributed by atoms with Crippen molar-refractivity contribution in [3.05, 3.63) is 39.8 Å². The van der Waals surface area contributed by atoms with Crippen LogP contribution < -0.4 is 5.32 Å². The number of morpholine rings is 1. The summed E-state index contributed by atoms with van der Waals surface area (Å²) >= 11 is 1.29. The molecule has 25 heavy (non-hydrogen) atoms. The molecule has 2 heterocycles. The zero-order valence-electron chi connectivity index (χ0n) is 14.0. The molecule has 2 aromatic rings. The first kappa shape index (κ1) is 17.5. The number of aromatic nitrogens is 2. The Kier molecular flexibility index (Phi) is 5.72. The average molecular weight is 360 g/mol. The summed E-state index contributed by atoms with van der Waals surface area (Å²) in [5.74, 6) is -0.364. The van der Waals surface area contributed by atoms with Gasteiger partial charge < -0.3 is 15.0 Å². The van der Waals surface area contributed by atoms with E-state index in [2.05, 4.69) is 22.4 Å². The molecule has 1 aliphatic heterocycles. The van der Waals surface area contributed by atoms with Crippen LogP contribution in [0, 0.1) is 0 Å². The first-order chi connectivity index (χ1) is 12.2. The number of amides is 2. The van der Waals surface area contributed by atoms with E-state index in [1.54, 1.807) is 29.2 Å². The first-order valence-electron chi connectivity index (χ1n) is 8.28. The van der Waals surface area contributed by atoms with Crippen LogP contribution in [0.5, 0.6) is 0 Å². The molecular weight excluding hydrogens is 340 g/mol. The molecule has 1 fully saturated rings. The van der Waals surface area contributed by atoms with Crippen molar-refractivity contribution in [2.75, 3.05) is 31.6 Å². The van der Waals surface area contributed by atoms with E-state index in [0.29, 0.717) is 42.6 Å². The van der Waals surface area contributed by atoms with Gasteiger partial charge in [-0.25, -0.2) is 0 Å². The van der Waals surface area contributed by atoms with E-state index >= 15 is 0 Å². The second kappa shape index (κ2) is 8.17. The minimum Gasteiger partial charge on any atom is -0.378 e. The number of nitrogens with zero attached hydrogens (tertiary/aromatic N) is 3. The summed E-state index contributed by atoms with van der Waals surface area (Å²) in [6.07, 6.45) is 1.77. The van der Waals surface area contributed by atoms with Crippen molar-refractivity contribution < 1.29 is 14.3 Å². The molecule has 1 aromatic carbocycles. The number of nitrogens with one attached hydrogen (secondary N) is 1. The molecule has 0 aliphatic carbocycles. The third-order valence-electron chi connectivity index (χ3n) is 3.79. The lowest BCUT2D eigenvalue weighted by molar-refractivity contribution is 0.0303. The average Bonchev–Trinajstić information content (AvgIpc) is 3.11. The molecule has 2 amide bonds. The van der Waals surface area contributed by atoms with E-state index in [-0.39, 0.29) is 11.8 Å². The van der Waals surface area contributed by atoms with Crippen LogP contribution in [0.3, 0.4) is 0 Å². The molecule has 0 unspecified atom stereocenters. The summed E-state index contributed by atoms with van der Waals surface area (Å²) in [7, 11) is 0. The van der Waals surface area contributed by atoms with Crippen LogP contribution in [0.2, 0.25) is 0 Å². The smallest absolute Gasteiger partial charge is 0.286 e. The van der Waals surface area contributed by atoms with Crippen LogP contribution in [0.4, 0.5) is 5.69 Å². The number of anilines is 1. The van der Waals surface area contributed by atoms with Crippen molar-refractivity contribution in [1.29, 1.82) is 0 Å². The summed E-state index contributed by atoms with van der Waals surface area (Å²) in [4.78, 5) is 26.6. The lowest BCUT2D eigenvalue weighted by atomic mass is 10.1. The quantitative estimate of drug-likeness (QED) is 0.884. The van der Waals surface area contributed by atoms with Crippen molar-refractivity contribution in [2.24, 2.45) is 0 Å². The minimum absolute atomic E-state index is 0.0550. The largest absolute Gasteiger partial charge is 0.378 e. The Bertz CT molecular complexity index is 756. The van der Waals surface area contributed by atoms with E-state index in [9.17, 15) is 9.59 Å². The fourth-order valence-corrected chi connectivity index (χ4v) is 3.36. The normalized spacial score (nSPS) is 14.4. The second-order valence-electron chi connectivity index (χ2n) is 5.69. The van der Waals surface area contributed by atoms with Gasteiger partial charge in [-0.2, -0.15) is 0 Å². The lowest BCUT2D eigenvalue weighted by Gasteiger charge is -2.27. The highest BCUT2D eigenvalue weighted by molar-refractivity contribution is 7.13. The molecule has 1 aromatic heterocycles. The van der Waals surface area contributed by atoms with Crippen LogP contribution in [0.1, 0.15) is 38.5 Å². The van der Waals surface area contributed by atoms with Gasteiger partial charge in [0.05, 0.1) is 13.2 Å². The Morgan fingerprint density at radius 2 is 2.08 bits per heavy atom. The summed E-state index contributed by atoms with van der Waals surface area (Å²) in [5.41, 5.74) is 1.11. The third kappa shape index (κ3) is 4.40. The van der Waals surface area contributed by atoms with E-state index in [0.717, 1.165) is 17.8 Å². The van der Waals surface area contributed by atoms with E-state index in [1.165, 1.54) is 11.3 Å². The van der Waals surface area contributed by atoms with Crippen molar-refractivity contribution in [2.45, 2.75) is 19.8 Å². The summed E-state index contributed by atoms with van der Waals surface area (Å²) in [5, 5.41) is 11.9. The van der Waals surface area contributed by atoms with Crippen molar-refractivity contribution >= 4 is 28.8 Å². The maximum atomic E-state index is 12.5. The third-order valence-corrected chi connectivity index (χ3v) is 4.77. The number of rotatable bonds is 5. The molecule has 0 atom stereocenters. The first-order valence-corrected chi connectivity index (χ1v) is 9.10. The Morgan fingerprint density at radius 3 is 2.84 bits per heavy atom. The molecule has 1 aliphatic rings. The van der Waals surface area contributed by atoms with Crippen molar-refractivity contribution in [3.8, 4) is 0 Å². The molecule has 132 valence electrons. The molecule has 0 radical (unpaired) electrons. The van der Waals surface area contributed by atoms with Gasteiger partial charge in [0.1, 0.15) is 5.01 Å². The maximum absolute atomic E-state index is 12.5. The van der Waals surface area contributed by atoms with Crippen molar-refractivity contribution in [1.82, 2.24) is 15.1 Å². The van der Waals surface area contributed by atoms with Gasteiger partial charge in [-0.15, -0.1) is 10.2 Å². The maximum Gasteiger partial charge on any atom is 0.286 e. The monoisotopic (exact) mass is 360 g/mol. The van der Waals surface area contributed by atoms with Gasteiger partial charge >= 0.3 is 0 Å². The lowest BCUT2D eigenvalue weighted by Crippen LogP contribution is -2.40. The Balaban J connectivity index is 1.68. The van der Waals surface area contributed by atoms with Gasteiger partial charge in [0.15, 0.2) is 0 Å². The van der Waals surface area contributed by atoms with E-state index < -0.39 is 0 Å². The Morgan fingerprint density at radius 1 is 1.28 bits per heavy atom. The van der Waals surface area contributed by atoms with Crippen LogP contribution in [-0.2, 0) is 11.2 Å². The minimum atomic E-state index is -0.309. The predicted molar refractivity (Wildman–Crippen MR) is 95.0 cm³/mol. The van der Waals surface area contributed by atoms with Gasteiger partial charge in [-0.3, -0.25) is 9.59 Å². The predicted octanol–water partition coefficient (Wildman–Crippen LogP) is 2.22. The van der Waals surface area contributed by atoms with Crippen LogP contribution in [0.25, 0.3) is 0 Å². The van der Waals surface area contributed by atoms with Gasteiger partial charge in [0.25, 0.3) is 11.8 Å². The highest BCUT2D eigenvalue weighted by Crippen LogP contribution is 2.17.